The van der Waals surface area contributed by atoms with Crippen LogP contribution in [0.3, 0.4) is 0 Å². The van der Waals surface area contributed by atoms with Gasteiger partial charge < -0.3 is 44.6 Å². The number of rotatable bonds is 18. The van der Waals surface area contributed by atoms with E-state index in [0.717, 1.165) is 57.8 Å². The molecule has 4 saturated carbocycles. The van der Waals surface area contributed by atoms with Crippen molar-refractivity contribution in [1.82, 2.24) is 0 Å². The zero-order chi connectivity index (χ0) is 39.1. The van der Waals surface area contributed by atoms with Crippen molar-refractivity contribution in [1.29, 1.82) is 0 Å². The summed E-state index contributed by atoms with van der Waals surface area (Å²) in [5, 5.41) is 52.4. The number of aliphatic hydroxyl groups is 4. The molecule has 1 unspecified atom stereocenters. The van der Waals surface area contributed by atoms with E-state index in [1.54, 1.807) is 0 Å². The van der Waals surface area contributed by atoms with Crippen molar-refractivity contribution in [2.24, 2.45) is 46.3 Å². The number of hydrogen-bond acceptors (Lipinski definition) is 7. The summed E-state index contributed by atoms with van der Waals surface area (Å²) in [6.07, 6.45) is 17.5. The second-order valence-corrected chi connectivity index (χ2v) is 21.2. The molecule has 4 aliphatic rings. The van der Waals surface area contributed by atoms with Gasteiger partial charge in [0.15, 0.2) is 0 Å². The molecule has 6 N–H and O–H groups in total. The maximum absolute atomic E-state index is 11.7. The van der Waals surface area contributed by atoms with E-state index in [0.29, 0.717) is 29.2 Å². The first-order valence-corrected chi connectivity index (χ1v) is 22.5. The van der Waals surface area contributed by atoms with Crippen molar-refractivity contribution in [2.45, 2.75) is 180 Å². The van der Waals surface area contributed by atoms with Crippen LogP contribution in [-0.2, 0) is 9.36 Å². The van der Waals surface area contributed by atoms with Crippen LogP contribution in [0.25, 0.3) is 0 Å². The topological polar surface area (TPSA) is 179 Å². The lowest BCUT2D eigenvalue weighted by Crippen LogP contribution is -2.62. The van der Waals surface area contributed by atoms with Crippen molar-refractivity contribution < 1.29 is 49.2 Å². The quantitative estimate of drug-likeness (QED) is 0.0557. The minimum atomic E-state index is -4.52. The summed E-state index contributed by atoms with van der Waals surface area (Å²) in [5.41, 5.74) is -0.172. The van der Waals surface area contributed by atoms with Crippen LogP contribution in [0, 0.1) is 46.3 Å². The molecule has 10 nitrogen and oxygen atoms in total. The molecular formula is C41H78NO9P. The van der Waals surface area contributed by atoms with Gasteiger partial charge in [-0.25, -0.2) is 0 Å². The molecule has 0 saturated heterocycles. The van der Waals surface area contributed by atoms with E-state index >= 15 is 0 Å². The third-order valence-electron chi connectivity index (χ3n) is 14.5. The molecular weight excluding hydrogens is 681 g/mol. The second-order valence-electron chi connectivity index (χ2n) is 19.3. The van der Waals surface area contributed by atoms with E-state index in [1.807, 2.05) is 21.1 Å². The molecule has 0 aromatic carbocycles. The highest BCUT2D eigenvalue weighted by Crippen LogP contribution is 2.68. The Morgan fingerprint density at radius 2 is 1.46 bits per heavy atom. The Bertz CT molecular complexity index is 1160. The van der Waals surface area contributed by atoms with Crippen LogP contribution in [0.1, 0.15) is 156 Å². The summed E-state index contributed by atoms with van der Waals surface area (Å²) in [6.45, 7) is 8.96. The van der Waals surface area contributed by atoms with Gasteiger partial charge in [0.05, 0.1) is 39.5 Å². The van der Waals surface area contributed by atoms with Gasteiger partial charge in [0.25, 0.3) is 0 Å². The summed E-state index contributed by atoms with van der Waals surface area (Å²) >= 11 is 0. The lowest BCUT2D eigenvalue weighted by molar-refractivity contribution is -0.875. The lowest BCUT2D eigenvalue weighted by Gasteiger charge is -2.63. The summed E-state index contributed by atoms with van der Waals surface area (Å²) in [6, 6.07) is 0. The van der Waals surface area contributed by atoms with Gasteiger partial charge >= 0.3 is 7.60 Å². The molecule has 0 amide bonds. The highest BCUT2D eigenvalue weighted by Gasteiger charge is 2.65. The van der Waals surface area contributed by atoms with Crippen molar-refractivity contribution >= 4 is 13.6 Å². The average molecular weight is 760 g/mol. The smallest absolute Gasteiger partial charge is 0.362 e. The number of hydrogen-bond donors (Lipinski definition) is 6. The SMILES string of the molecule is CCCCCCCCCCCCC(O)(C[N+](C)(C)C)P(=O)(O)O.C[C@H](CCC(=O)[O-])[C@H]1CC[C@H]2[C@@H]3[C@H](O)C[C@@H]4C[C@H](O)CC[C@]4(C)[C@H]3C[C@H](O)[C@]12C. The van der Waals surface area contributed by atoms with Gasteiger partial charge in [0, 0.05) is 5.97 Å². The van der Waals surface area contributed by atoms with Crippen LogP contribution in [0.4, 0.5) is 0 Å². The maximum Gasteiger partial charge on any atom is 0.362 e. The molecule has 0 aromatic heterocycles. The van der Waals surface area contributed by atoms with Crippen LogP contribution in [0.5, 0.6) is 0 Å². The van der Waals surface area contributed by atoms with Gasteiger partial charge in [-0.05, 0) is 117 Å². The molecule has 0 bridgehead atoms. The number of carboxylic acids is 1. The highest BCUT2D eigenvalue weighted by atomic mass is 31.2. The van der Waals surface area contributed by atoms with Crippen LogP contribution in [0.15, 0.2) is 0 Å². The average Bonchev–Trinajstić information content (AvgIpc) is 3.39. The Labute approximate surface area is 315 Å². The van der Waals surface area contributed by atoms with E-state index in [-0.39, 0.29) is 66.1 Å². The van der Waals surface area contributed by atoms with Gasteiger partial charge in [0.2, 0.25) is 5.34 Å². The summed E-state index contributed by atoms with van der Waals surface area (Å²) < 4.78 is 12.0. The number of quaternary nitrogens is 1. The molecule has 12 atom stereocenters. The van der Waals surface area contributed by atoms with Gasteiger partial charge in [-0.1, -0.05) is 85.5 Å². The zero-order valence-electron chi connectivity index (χ0n) is 33.8. The Hall–Kier alpha value is -0.580. The van der Waals surface area contributed by atoms with Crippen LogP contribution in [-0.4, -0.2) is 92.0 Å². The largest absolute Gasteiger partial charge is 0.550 e. The fourth-order valence-electron chi connectivity index (χ4n) is 11.7. The number of likely N-dealkylation sites (N-methyl/N-ethyl adjacent to an activating group) is 1. The summed E-state index contributed by atoms with van der Waals surface area (Å²) in [5.74, 6) is 0.635. The molecule has 0 aromatic rings. The van der Waals surface area contributed by atoms with E-state index in [2.05, 4.69) is 27.7 Å². The number of fused-ring (bicyclic) bond motifs is 5. The summed E-state index contributed by atoms with van der Waals surface area (Å²) in [4.78, 5) is 29.9. The first-order valence-electron chi connectivity index (χ1n) is 20.9. The molecule has 0 heterocycles. The Morgan fingerprint density at radius 1 is 0.885 bits per heavy atom. The van der Waals surface area contributed by atoms with Crippen molar-refractivity contribution in [2.75, 3.05) is 27.7 Å². The van der Waals surface area contributed by atoms with Crippen molar-refractivity contribution in [3.05, 3.63) is 0 Å². The highest BCUT2D eigenvalue weighted by molar-refractivity contribution is 7.53. The first kappa shape index (κ1) is 45.8. The number of aliphatic carboxylic acids is 1. The van der Waals surface area contributed by atoms with Crippen molar-refractivity contribution in [3.8, 4) is 0 Å². The molecule has 4 rings (SSSR count). The Balaban J connectivity index is 0.000000290. The second kappa shape index (κ2) is 19.0. The van der Waals surface area contributed by atoms with Gasteiger partial charge in [-0.2, -0.15) is 0 Å². The van der Waals surface area contributed by atoms with Crippen LogP contribution in [0.2, 0.25) is 0 Å². The van der Waals surface area contributed by atoms with Gasteiger partial charge in [-0.15, -0.1) is 0 Å². The lowest BCUT2D eigenvalue weighted by atomic mass is 9.43. The molecule has 4 fully saturated rings. The molecule has 0 aliphatic heterocycles. The monoisotopic (exact) mass is 760 g/mol. The normalized spacial score (nSPS) is 36.4. The molecule has 4 aliphatic carbocycles. The standard InChI is InChI=1S/C24H40O5.C17H38NO4P/c1-13(4-7-21(28)29)16-5-6-17-22-18(12-20(27)24(16,17)3)23(2)9-8-15(25)10-14(23)11-19(22)26;1-5-6-7-8-9-10-11-12-13-14-15-17(19,23(20,21)22)16-18(2,3)4/h13-20,22,25-27H,4-12H2,1-3H3,(H,28,29);19H,5-16H2,1-4H3,(H-,20,21,22)/t13-,14+,15-,16-,17+,18+,19-,20+,22+,23+,24-;/m1./s1. The third-order valence-corrected chi connectivity index (χ3v) is 16.0. The molecule has 11 heteroatoms. The number of nitrogens with zero attached hydrogens (tertiary/aromatic N) is 1. The van der Waals surface area contributed by atoms with Crippen molar-refractivity contribution in [3.63, 3.8) is 0 Å². The van der Waals surface area contributed by atoms with E-state index < -0.39 is 25.0 Å². The fraction of sp³-hybridized carbons (Fsp3) is 0.976. The zero-order valence-corrected chi connectivity index (χ0v) is 34.7. The maximum atomic E-state index is 11.7. The van der Waals surface area contributed by atoms with Crippen LogP contribution < -0.4 is 5.11 Å². The predicted octanol–water partition coefficient (Wildman–Crippen LogP) is 5.98. The number of unbranched alkanes of at least 4 members (excludes halogenated alkanes) is 9. The molecule has 306 valence electrons. The van der Waals surface area contributed by atoms with E-state index in [1.165, 1.54) is 44.9 Å². The van der Waals surface area contributed by atoms with E-state index in [9.17, 15) is 44.7 Å². The molecule has 0 radical (unpaired) electrons. The fourth-order valence-corrected chi connectivity index (χ4v) is 12.7. The number of carbonyl (C=O) groups is 1. The minimum absolute atomic E-state index is 0.0642. The molecule has 52 heavy (non-hydrogen) atoms. The Kier molecular flexibility index (Phi) is 16.8. The number of aliphatic hydroxyl groups excluding tert-OH is 3. The number of carboxylic acid groups (broad SMARTS) is 1. The third kappa shape index (κ3) is 11.3. The molecule has 0 spiro atoms. The van der Waals surface area contributed by atoms with Gasteiger partial charge in [0.1, 0.15) is 6.54 Å². The summed E-state index contributed by atoms with van der Waals surface area (Å²) in [7, 11) is 0.976. The Morgan fingerprint density at radius 3 is 2.00 bits per heavy atom. The van der Waals surface area contributed by atoms with Gasteiger partial charge in [-0.3, -0.25) is 4.57 Å². The predicted molar refractivity (Wildman–Crippen MR) is 204 cm³/mol. The number of carbonyl (C=O) groups excluding carboxylic acids is 1. The minimum Gasteiger partial charge on any atom is -0.550 e. The van der Waals surface area contributed by atoms with Crippen LogP contribution >= 0.6 is 7.60 Å². The van der Waals surface area contributed by atoms with E-state index in [4.69, 9.17) is 0 Å². The first-order chi connectivity index (χ1) is 24.1.